The van der Waals surface area contributed by atoms with Gasteiger partial charge in [-0.25, -0.2) is 0 Å². The number of likely N-dealkylation sites (tertiary alicyclic amines) is 1. The zero-order valence-corrected chi connectivity index (χ0v) is 17.2. The van der Waals surface area contributed by atoms with Gasteiger partial charge in [0.1, 0.15) is 0 Å². The van der Waals surface area contributed by atoms with Crippen LogP contribution in [0.1, 0.15) is 48.8 Å². The van der Waals surface area contributed by atoms with E-state index in [1.165, 1.54) is 29.5 Å². The topological polar surface area (TPSA) is 46.1 Å². The summed E-state index contributed by atoms with van der Waals surface area (Å²) < 4.78 is 11.9. The van der Waals surface area contributed by atoms with Crippen LogP contribution in [0.5, 0.6) is 0 Å². The van der Waals surface area contributed by atoms with E-state index >= 15 is 0 Å². The van der Waals surface area contributed by atoms with Gasteiger partial charge in [0.2, 0.25) is 0 Å². The molecule has 2 aliphatic heterocycles. The molecule has 150 valence electrons. The Morgan fingerprint density at radius 3 is 2.70 bits per heavy atom. The van der Waals surface area contributed by atoms with E-state index in [4.69, 9.17) is 9.47 Å². The first kappa shape index (κ1) is 20.2. The van der Waals surface area contributed by atoms with Gasteiger partial charge in [0.05, 0.1) is 18.8 Å². The lowest BCUT2D eigenvalue weighted by Crippen LogP contribution is -2.47. The molecule has 2 aliphatic rings. The second kappa shape index (κ2) is 10.1. The monoisotopic (exact) mass is 373 g/mol. The highest BCUT2D eigenvalue weighted by molar-refractivity contribution is 5.80. The van der Waals surface area contributed by atoms with Gasteiger partial charge in [-0.1, -0.05) is 23.8 Å². The van der Waals surface area contributed by atoms with Gasteiger partial charge >= 0.3 is 0 Å². The number of hydrogen-bond acceptors (Lipinski definition) is 3. The van der Waals surface area contributed by atoms with Crippen molar-refractivity contribution in [3.63, 3.8) is 0 Å². The Morgan fingerprint density at radius 1 is 1.22 bits per heavy atom. The highest BCUT2D eigenvalue weighted by atomic mass is 16.5. The maximum atomic E-state index is 6.13. The Morgan fingerprint density at radius 2 is 2.04 bits per heavy atom. The molecular weight excluding hydrogens is 338 g/mol. The summed E-state index contributed by atoms with van der Waals surface area (Å²) in [6.45, 7) is 8.75. The molecule has 2 fully saturated rings. The highest BCUT2D eigenvalue weighted by Gasteiger charge is 2.23. The van der Waals surface area contributed by atoms with Crippen LogP contribution in [0.4, 0.5) is 0 Å². The predicted molar refractivity (Wildman–Crippen MR) is 110 cm³/mol. The lowest BCUT2D eigenvalue weighted by molar-refractivity contribution is -0.0721. The third-order valence-electron chi connectivity index (χ3n) is 5.68. The van der Waals surface area contributed by atoms with Gasteiger partial charge in [0.25, 0.3) is 0 Å². The minimum atomic E-state index is 0.309. The normalized spacial score (nSPS) is 22.1. The number of hydrogen-bond donors (Lipinski definition) is 1. The molecule has 5 heteroatoms. The number of rotatable bonds is 5. The average molecular weight is 374 g/mol. The van der Waals surface area contributed by atoms with E-state index in [0.29, 0.717) is 12.2 Å². The number of aryl methyl sites for hydroxylation is 2. The molecule has 1 N–H and O–H groups in total. The average Bonchev–Trinajstić information content (AvgIpc) is 2.70. The molecule has 3 rings (SSSR count). The van der Waals surface area contributed by atoms with Crippen LogP contribution in [0, 0.1) is 13.8 Å². The van der Waals surface area contributed by atoms with Crippen molar-refractivity contribution >= 4 is 5.96 Å². The standard InChI is InChI=1S/C22H35N3O2/c1-17-7-8-19(18(2)14-17)15-24-22(23-3)25-11-9-20(10-12-25)27-16-21-6-4-5-13-26-21/h7-8,14,20-21H,4-6,9-13,15-16H2,1-3H3,(H,23,24). The summed E-state index contributed by atoms with van der Waals surface area (Å²) in [4.78, 5) is 6.84. The molecule has 1 aromatic rings. The van der Waals surface area contributed by atoms with E-state index in [1.54, 1.807) is 0 Å². The summed E-state index contributed by atoms with van der Waals surface area (Å²) in [5.41, 5.74) is 3.96. The minimum Gasteiger partial charge on any atom is -0.376 e. The first-order valence-electron chi connectivity index (χ1n) is 10.4. The van der Waals surface area contributed by atoms with Crippen LogP contribution in [-0.2, 0) is 16.0 Å². The molecule has 5 nitrogen and oxygen atoms in total. The Bertz CT molecular complexity index is 618. The molecule has 0 amide bonds. The first-order valence-corrected chi connectivity index (χ1v) is 10.4. The van der Waals surface area contributed by atoms with E-state index < -0.39 is 0 Å². The van der Waals surface area contributed by atoms with Crippen LogP contribution in [-0.4, -0.2) is 56.4 Å². The number of ether oxygens (including phenoxy) is 2. The van der Waals surface area contributed by atoms with E-state index in [2.05, 4.69) is 47.3 Å². The molecule has 0 aliphatic carbocycles. The van der Waals surface area contributed by atoms with Crippen LogP contribution in [0.2, 0.25) is 0 Å². The number of nitrogens with zero attached hydrogens (tertiary/aromatic N) is 2. The zero-order valence-electron chi connectivity index (χ0n) is 17.2. The van der Waals surface area contributed by atoms with Crippen molar-refractivity contribution in [2.45, 2.75) is 64.7 Å². The van der Waals surface area contributed by atoms with Crippen LogP contribution in [0.3, 0.4) is 0 Å². The Hall–Kier alpha value is -1.59. The Labute approximate surface area is 164 Å². The zero-order chi connectivity index (χ0) is 19.1. The predicted octanol–water partition coefficient (Wildman–Crippen LogP) is 3.43. The molecule has 2 saturated heterocycles. The minimum absolute atomic E-state index is 0.309. The number of guanidine groups is 1. The molecule has 0 saturated carbocycles. The van der Waals surface area contributed by atoms with Crippen molar-refractivity contribution in [2.75, 3.05) is 33.4 Å². The summed E-state index contributed by atoms with van der Waals surface area (Å²) in [7, 11) is 1.87. The van der Waals surface area contributed by atoms with E-state index in [1.807, 2.05) is 7.05 Å². The summed E-state index contributed by atoms with van der Waals surface area (Å²) in [6.07, 6.45) is 6.38. The quantitative estimate of drug-likeness (QED) is 0.634. The molecule has 0 spiro atoms. The van der Waals surface area contributed by atoms with E-state index in [9.17, 15) is 0 Å². The smallest absolute Gasteiger partial charge is 0.193 e. The fraction of sp³-hybridized carbons (Fsp3) is 0.682. The first-order chi connectivity index (χ1) is 13.2. The van der Waals surface area contributed by atoms with Crippen molar-refractivity contribution in [1.82, 2.24) is 10.2 Å². The lowest BCUT2D eigenvalue weighted by Gasteiger charge is -2.35. The maximum Gasteiger partial charge on any atom is 0.193 e. The summed E-state index contributed by atoms with van der Waals surface area (Å²) in [5.74, 6) is 0.990. The third kappa shape index (κ3) is 5.94. The lowest BCUT2D eigenvalue weighted by atomic mass is 10.1. The number of piperidine rings is 1. The van der Waals surface area contributed by atoms with Crippen molar-refractivity contribution in [2.24, 2.45) is 4.99 Å². The van der Waals surface area contributed by atoms with Gasteiger partial charge in [0.15, 0.2) is 5.96 Å². The SMILES string of the molecule is CN=C(NCc1ccc(C)cc1C)N1CCC(OCC2CCCCO2)CC1. The Balaban J connectivity index is 1.41. The molecule has 1 unspecified atom stereocenters. The van der Waals surface area contributed by atoms with Gasteiger partial charge in [-0.15, -0.1) is 0 Å². The van der Waals surface area contributed by atoms with Gasteiger partial charge in [-0.3, -0.25) is 4.99 Å². The number of benzene rings is 1. The second-order valence-corrected chi connectivity index (χ2v) is 7.84. The van der Waals surface area contributed by atoms with Crippen LogP contribution in [0.25, 0.3) is 0 Å². The van der Waals surface area contributed by atoms with Gasteiger partial charge in [-0.2, -0.15) is 0 Å². The fourth-order valence-electron chi connectivity index (χ4n) is 3.97. The fourth-order valence-corrected chi connectivity index (χ4v) is 3.97. The van der Waals surface area contributed by atoms with Crippen molar-refractivity contribution in [3.8, 4) is 0 Å². The second-order valence-electron chi connectivity index (χ2n) is 7.84. The maximum absolute atomic E-state index is 6.13. The van der Waals surface area contributed by atoms with Crippen LogP contribution in [0.15, 0.2) is 23.2 Å². The molecule has 2 heterocycles. The van der Waals surface area contributed by atoms with E-state index in [0.717, 1.165) is 58.1 Å². The van der Waals surface area contributed by atoms with Gasteiger partial charge in [-0.05, 0) is 57.1 Å². The highest BCUT2D eigenvalue weighted by Crippen LogP contribution is 2.18. The van der Waals surface area contributed by atoms with Gasteiger partial charge < -0.3 is 19.7 Å². The molecule has 0 bridgehead atoms. The largest absolute Gasteiger partial charge is 0.376 e. The van der Waals surface area contributed by atoms with Crippen LogP contribution < -0.4 is 5.32 Å². The third-order valence-corrected chi connectivity index (χ3v) is 5.68. The van der Waals surface area contributed by atoms with E-state index in [-0.39, 0.29) is 0 Å². The molecule has 0 radical (unpaired) electrons. The Kier molecular flexibility index (Phi) is 7.53. The number of nitrogens with one attached hydrogen (secondary N) is 1. The summed E-state index contributed by atoms with van der Waals surface area (Å²) >= 11 is 0. The summed E-state index contributed by atoms with van der Waals surface area (Å²) in [5, 5.41) is 3.53. The van der Waals surface area contributed by atoms with Crippen molar-refractivity contribution in [1.29, 1.82) is 0 Å². The molecule has 1 atom stereocenters. The molecular formula is C22H35N3O2. The van der Waals surface area contributed by atoms with Gasteiger partial charge in [0, 0.05) is 33.3 Å². The number of aliphatic imine (C=N–C) groups is 1. The van der Waals surface area contributed by atoms with Crippen LogP contribution >= 0.6 is 0 Å². The molecule has 0 aromatic heterocycles. The summed E-state index contributed by atoms with van der Waals surface area (Å²) in [6, 6.07) is 6.61. The van der Waals surface area contributed by atoms with Crippen molar-refractivity contribution < 1.29 is 9.47 Å². The molecule has 27 heavy (non-hydrogen) atoms. The molecule has 1 aromatic carbocycles. The van der Waals surface area contributed by atoms with Crippen molar-refractivity contribution in [3.05, 3.63) is 34.9 Å².